The number of fused-ring (bicyclic) bond motifs is 1. The number of anilines is 1. The minimum atomic E-state index is -0.295. The van der Waals surface area contributed by atoms with Gasteiger partial charge in [-0.05, 0) is 13.0 Å². The number of hydrogen-bond donors (Lipinski definition) is 1. The highest BCUT2D eigenvalue weighted by Gasteiger charge is 2.11. The zero-order chi connectivity index (χ0) is 13.4. The van der Waals surface area contributed by atoms with Crippen LogP contribution in [0.1, 0.15) is 16.2 Å². The van der Waals surface area contributed by atoms with Gasteiger partial charge in [-0.1, -0.05) is 0 Å². The summed E-state index contributed by atoms with van der Waals surface area (Å²) >= 11 is 0.997. The fraction of sp³-hybridized carbons (Fsp3) is 0.182. The van der Waals surface area contributed by atoms with Gasteiger partial charge in [-0.15, -0.1) is 0 Å². The van der Waals surface area contributed by atoms with Crippen LogP contribution in [0.5, 0.6) is 0 Å². The van der Waals surface area contributed by atoms with Crippen LogP contribution in [-0.2, 0) is 7.05 Å². The Morgan fingerprint density at radius 1 is 1.42 bits per heavy atom. The number of pyridine rings is 1. The molecule has 0 atom stereocenters. The van der Waals surface area contributed by atoms with Gasteiger partial charge < -0.3 is 5.32 Å². The summed E-state index contributed by atoms with van der Waals surface area (Å²) in [6.07, 6.45) is 3.03. The van der Waals surface area contributed by atoms with Crippen LogP contribution in [0.15, 0.2) is 18.5 Å². The minimum Gasteiger partial charge on any atom is -0.319 e. The van der Waals surface area contributed by atoms with E-state index < -0.39 is 0 Å². The largest absolute Gasteiger partial charge is 0.319 e. The zero-order valence-electron chi connectivity index (χ0n) is 10.3. The molecule has 0 aromatic carbocycles. The molecule has 3 heterocycles. The maximum atomic E-state index is 11.8. The third-order valence-electron chi connectivity index (χ3n) is 2.71. The van der Waals surface area contributed by atoms with Crippen molar-refractivity contribution in [3.8, 4) is 0 Å². The molecule has 0 aliphatic heterocycles. The van der Waals surface area contributed by atoms with Crippen LogP contribution in [0.3, 0.4) is 0 Å². The number of amides is 1. The Kier molecular flexibility index (Phi) is 2.71. The van der Waals surface area contributed by atoms with Gasteiger partial charge in [0.25, 0.3) is 5.91 Å². The number of hydrogen-bond acceptors (Lipinski definition) is 6. The van der Waals surface area contributed by atoms with Crippen molar-refractivity contribution in [2.45, 2.75) is 6.92 Å². The predicted octanol–water partition coefficient (Wildman–Crippen LogP) is 1.38. The number of aromatic nitrogens is 5. The molecule has 0 saturated carbocycles. The lowest BCUT2D eigenvalue weighted by Gasteiger charge is -2.02. The number of aryl methyl sites for hydroxylation is 2. The second-order valence-electron chi connectivity index (χ2n) is 4.05. The first kappa shape index (κ1) is 11.7. The summed E-state index contributed by atoms with van der Waals surface area (Å²) in [6.45, 7) is 1.90. The first-order chi connectivity index (χ1) is 9.15. The van der Waals surface area contributed by atoms with Crippen LogP contribution in [-0.4, -0.2) is 29.4 Å². The standard InChI is InChI=1S/C11H10N6OS/c1-6-8-3-7(4-12-10(8)17(2)15-6)14-11(18)9-5-13-19-16-9/h3-5H,1-2H3,(H,14,18). The van der Waals surface area contributed by atoms with Crippen molar-refractivity contribution in [2.75, 3.05) is 5.32 Å². The fourth-order valence-corrected chi connectivity index (χ4v) is 2.25. The Balaban J connectivity index is 1.94. The van der Waals surface area contributed by atoms with E-state index in [1.807, 2.05) is 20.0 Å². The van der Waals surface area contributed by atoms with Crippen molar-refractivity contribution in [3.05, 3.63) is 29.8 Å². The molecule has 1 amide bonds. The van der Waals surface area contributed by atoms with Crippen LogP contribution in [0.2, 0.25) is 0 Å². The Morgan fingerprint density at radius 3 is 3.00 bits per heavy atom. The summed E-state index contributed by atoms with van der Waals surface area (Å²) in [5.41, 5.74) is 2.57. The highest BCUT2D eigenvalue weighted by Crippen LogP contribution is 2.19. The van der Waals surface area contributed by atoms with Crippen LogP contribution in [0.25, 0.3) is 11.0 Å². The smallest absolute Gasteiger partial charge is 0.277 e. The van der Waals surface area contributed by atoms with Gasteiger partial charge in [-0.2, -0.15) is 13.8 Å². The lowest BCUT2D eigenvalue weighted by atomic mass is 10.2. The van der Waals surface area contributed by atoms with Gasteiger partial charge in [-0.3, -0.25) is 9.48 Å². The minimum absolute atomic E-state index is 0.295. The van der Waals surface area contributed by atoms with E-state index in [9.17, 15) is 4.79 Å². The van der Waals surface area contributed by atoms with Gasteiger partial charge >= 0.3 is 0 Å². The molecule has 96 valence electrons. The molecule has 3 aromatic heterocycles. The van der Waals surface area contributed by atoms with E-state index in [4.69, 9.17) is 0 Å². The predicted molar refractivity (Wildman–Crippen MR) is 71.1 cm³/mol. The molecule has 0 fully saturated rings. The SMILES string of the molecule is Cc1nn(C)c2ncc(NC(=O)c3cnsn3)cc12. The normalized spacial score (nSPS) is 10.8. The number of carbonyl (C=O) groups is 1. The van der Waals surface area contributed by atoms with Crippen molar-refractivity contribution < 1.29 is 4.79 Å². The monoisotopic (exact) mass is 274 g/mol. The number of nitrogens with one attached hydrogen (secondary N) is 1. The Bertz CT molecular complexity index is 748. The second-order valence-corrected chi connectivity index (χ2v) is 4.61. The third kappa shape index (κ3) is 2.06. The first-order valence-electron chi connectivity index (χ1n) is 5.53. The number of nitrogens with zero attached hydrogens (tertiary/aromatic N) is 5. The molecule has 0 unspecified atom stereocenters. The molecular formula is C11H10N6OS. The number of rotatable bonds is 2. The van der Waals surface area contributed by atoms with Gasteiger partial charge in [0, 0.05) is 12.4 Å². The van der Waals surface area contributed by atoms with Crippen molar-refractivity contribution in [3.63, 3.8) is 0 Å². The van der Waals surface area contributed by atoms with Crippen molar-refractivity contribution >= 4 is 34.4 Å². The second kappa shape index (κ2) is 4.39. The summed E-state index contributed by atoms with van der Waals surface area (Å²) in [5.74, 6) is -0.295. The summed E-state index contributed by atoms with van der Waals surface area (Å²) < 4.78 is 9.38. The van der Waals surface area contributed by atoms with Gasteiger partial charge in [-0.25, -0.2) is 4.98 Å². The molecule has 1 N–H and O–H groups in total. The average Bonchev–Trinajstić information content (AvgIpc) is 2.99. The van der Waals surface area contributed by atoms with Crippen LogP contribution >= 0.6 is 11.7 Å². The Labute approximate surface area is 112 Å². The van der Waals surface area contributed by atoms with Gasteiger partial charge in [0.2, 0.25) is 0 Å². The summed E-state index contributed by atoms with van der Waals surface area (Å²) in [6, 6.07) is 1.85. The quantitative estimate of drug-likeness (QED) is 0.763. The first-order valence-corrected chi connectivity index (χ1v) is 6.26. The van der Waals surface area contributed by atoms with E-state index in [2.05, 4.69) is 24.1 Å². The molecular weight excluding hydrogens is 264 g/mol. The lowest BCUT2D eigenvalue weighted by Crippen LogP contribution is -2.12. The molecule has 3 aromatic rings. The molecule has 0 aliphatic carbocycles. The topological polar surface area (TPSA) is 85.6 Å². The van der Waals surface area contributed by atoms with Gasteiger partial charge in [0.05, 0.1) is 35.5 Å². The van der Waals surface area contributed by atoms with Gasteiger partial charge in [0.15, 0.2) is 11.3 Å². The molecule has 0 spiro atoms. The van der Waals surface area contributed by atoms with E-state index in [0.717, 1.165) is 28.5 Å². The van der Waals surface area contributed by atoms with Crippen LogP contribution in [0.4, 0.5) is 5.69 Å². The summed E-state index contributed by atoms with van der Waals surface area (Å²) in [7, 11) is 1.83. The highest BCUT2D eigenvalue weighted by atomic mass is 32.1. The average molecular weight is 274 g/mol. The molecule has 7 nitrogen and oxygen atoms in total. The molecule has 0 radical (unpaired) electrons. The molecule has 3 rings (SSSR count). The molecule has 19 heavy (non-hydrogen) atoms. The Morgan fingerprint density at radius 2 is 2.26 bits per heavy atom. The van der Waals surface area contributed by atoms with Crippen molar-refractivity contribution in [2.24, 2.45) is 7.05 Å². The Hall–Kier alpha value is -2.35. The van der Waals surface area contributed by atoms with E-state index in [-0.39, 0.29) is 5.91 Å². The van der Waals surface area contributed by atoms with E-state index in [1.54, 1.807) is 10.9 Å². The van der Waals surface area contributed by atoms with Crippen LogP contribution < -0.4 is 5.32 Å². The van der Waals surface area contributed by atoms with Gasteiger partial charge in [0.1, 0.15) is 0 Å². The fourth-order valence-electron chi connectivity index (χ4n) is 1.84. The van der Waals surface area contributed by atoms with Crippen LogP contribution in [0, 0.1) is 6.92 Å². The maximum absolute atomic E-state index is 11.8. The zero-order valence-corrected chi connectivity index (χ0v) is 11.1. The molecule has 0 saturated heterocycles. The third-order valence-corrected chi connectivity index (χ3v) is 3.19. The maximum Gasteiger partial charge on any atom is 0.277 e. The molecule has 0 aliphatic rings. The van der Waals surface area contributed by atoms with E-state index >= 15 is 0 Å². The summed E-state index contributed by atoms with van der Waals surface area (Å²) in [4.78, 5) is 16.1. The van der Waals surface area contributed by atoms with E-state index in [1.165, 1.54) is 6.20 Å². The summed E-state index contributed by atoms with van der Waals surface area (Å²) in [5, 5.41) is 7.93. The van der Waals surface area contributed by atoms with Crippen molar-refractivity contribution in [1.82, 2.24) is 23.5 Å². The molecule has 8 heteroatoms. The number of carbonyl (C=O) groups excluding carboxylic acids is 1. The van der Waals surface area contributed by atoms with E-state index in [0.29, 0.717) is 11.4 Å². The van der Waals surface area contributed by atoms with Crippen molar-refractivity contribution in [1.29, 1.82) is 0 Å². The molecule has 0 bridgehead atoms. The highest BCUT2D eigenvalue weighted by molar-refractivity contribution is 6.99. The lowest BCUT2D eigenvalue weighted by molar-refractivity contribution is 0.102.